The Balaban J connectivity index is 1.42. The van der Waals surface area contributed by atoms with Crippen LogP contribution in [0.15, 0.2) is 53.5 Å². The van der Waals surface area contributed by atoms with E-state index in [1.165, 1.54) is 57.4 Å². The van der Waals surface area contributed by atoms with Gasteiger partial charge in [-0.1, -0.05) is 128 Å². The van der Waals surface area contributed by atoms with E-state index >= 15 is 0 Å². The number of anilines is 1. The van der Waals surface area contributed by atoms with Crippen LogP contribution >= 0.6 is 15.6 Å². The molecule has 68 heavy (non-hydrogen) atoms. The number of hydrogen-bond acceptors (Lipinski definition) is 16. The van der Waals surface area contributed by atoms with Gasteiger partial charge < -0.3 is 44.7 Å². The first-order valence-corrected chi connectivity index (χ1v) is 27.5. The Morgan fingerprint density at radius 2 is 1.40 bits per heavy atom. The fourth-order valence-electron chi connectivity index (χ4n) is 7.32. The molecule has 0 radical (unpaired) electrons. The van der Waals surface area contributed by atoms with Crippen LogP contribution in [0.3, 0.4) is 0 Å². The lowest BCUT2D eigenvalue weighted by Gasteiger charge is -2.21. The fraction of sp³-hybridized carbons (Fsp3) is 0.745. The SMILES string of the molecule is CCCCC/C=C\C/C=C\CC1OC1C/C=C\CCCC(=O)OC[C@H](COP(=O)(O)OP(=O)(O)OC[C@H]1O[C@@H](n2ccc(N)nc2=O)[C@H](O)[C@@H]1O)OC(=O)CCCCCCCCCCC(C)CC. The van der Waals surface area contributed by atoms with E-state index in [1.54, 1.807) is 0 Å². The van der Waals surface area contributed by atoms with Crippen LogP contribution in [-0.2, 0) is 51.0 Å². The highest BCUT2D eigenvalue weighted by Crippen LogP contribution is 2.60. The van der Waals surface area contributed by atoms with Gasteiger partial charge in [0, 0.05) is 19.0 Å². The number of ether oxygens (including phenoxy) is 4. The maximum atomic E-state index is 12.8. The number of rotatable bonds is 38. The number of carbonyl (C=O) groups excluding carboxylic acids is 2. The standard InChI is InChI=1S/C47H79N3O16P2/c1-4-6-7-8-9-10-14-17-22-27-38-39(64-38)28-23-19-20-24-29-42(51)60-33-37(63-43(52)30-25-18-15-12-11-13-16-21-26-36(3)5-2)34-61-67(56,57)66-68(58,59)62-35-40-44(53)45(54)46(65-40)50-32-31-41(48)49-47(50)55/h9-10,17,19,22-23,31-32,36-40,44-46,53-54H,4-8,11-16,18,20-21,24-30,33-35H2,1-3H3,(H,56,57)(H,58,59)(H2,48,49,55)/b10-9-,22-17-,23-19-/t36?,37-,38?,39?,40-,44-,45-,46-/m1/s1. The van der Waals surface area contributed by atoms with Crippen molar-refractivity contribution in [2.24, 2.45) is 5.92 Å². The van der Waals surface area contributed by atoms with Crippen molar-refractivity contribution in [2.45, 2.75) is 198 Å². The number of esters is 2. The molecule has 6 N–H and O–H groups in total. The van der Waals surface area contributed by atoms with Crippen molar-refractivity contribution in [3.63, 3.8) is 0 Å². The van der Waals surface area contributed by atoms with Crippen LogP contribution in [-0.4, -0.2) is 97.9 Å². The topological polar surface area (TPSA) is 278 Å². The molecule has 5 unspecified atom stereocenters. The van der Waals surface area contributed by atoms with Crippen LogP contribution in [0.1, 0.15) is 162 Å². The second-order valence-electron chi connectivity index (χ2n) is 17.6. The largest absolute Gasteiger partial charge is 0.481 e. The second kappa shape index (κ2) is 32.8. The van der Waals surface area contributed by atoms with Crippen LogP contribution in [0.4, 0.5) is 5.82 Å². The zero-order valence-electron chi connectivity index (χ0n) is 40.3. The molecule has 0 amide bonds. The van der Waals surface area contributed by atoms with Crippen molar-refractivity contribution in [3.8, 4) is 0 Å². The molecular weight excluding hydrogens is 924 g/mol. The lowest BCUT2D eigenvalue weighted by atomic mass is 9.99. The maximum absolute atomic E-state index is 12.8. The van der Waals surface area contributed by atoms with E-state index in [0.717, 1.165) is 68.0 Å². The number of hydrogen-bond donors (Lipinski definition) is 5. The number of epoxide rings is 1. The molecular formula is C47H79N3O16P2. The summed E-state index contributed by atoms with van der Waals surface area (Å²) in [4.78, 5) is 61.8. The first kappa shape index (κ1) is 59.2. The van der Waals surface area contributed by atoms with Crippen molar-refractivity contribution in [2.75, 3.05) is 25.6 Å². The molecule has 2 aliphatic rings. The number of carbonyl (C=O) groups is 2. The van der Waals surface area contributed by atoms with E-state index in [0.29, 0.717) is 19.3 Å². The number of aliphatic hydroxyl groups is 2. The molecule has 0 bridgehead atoms. The number of nitrogens with zero attached hydrogens (tertiary/aromatic N) is 2. The molecule has 1 aromatic heterocycles. The Labute approximate surface area is 402 Å². The number of phosphoric acid groups is 2. The van der Waals surface area contributed by atoms with Gasteiger partial charge >= 0.3 is 33.3 Å². The van der Waals surface area contributed by atoms with Crippen LogP contribution in [0.5, 0.6) is 0 Å². The lowest BCUT2D eigenvalue weighted by molar-refractivity contribution is -0.161. The maximum Gasteiger partial charge on any atom is 0.481 e. The molecule has 0 spiro atoms. The van der Waals surface area contributed by atoms with E-state index in [-0.39, 0.29) is 30.9 Å². The summed E-state index contributed by atoms with van der Waals surface area (Å²) in [6.45, 7) is 4.33. The molecule has 1 aromatic rings. The average Bonchev–Trinajstić information content (AvgIpc) is 3.98. The Hall–Kier alpha value is -3.06. The third kappa shape index (κ3) is 25.2. The Bertz CT molecular complexity index is 1860. The number of unbranched alkanes of at least 4 members (excludes halogenated alkanes) is 11. The number of aliphatic hydroxyl groups excluding tert-OH is 2. The predicted molar refractivity (Wildman–Crippen MR) is 256 cm³/mol. The van der Waals surface area contributed by atoms with Crippen molar-refractivity contribution in [1.29, 1.82) is 0 Å². The smallest absolute Gasteiger partial charge is 0.462 e. The summed E-state index contributed by atoms with van der Waals surface area (Å²) < 4.78 is 62.4. The molecule has 10 atom stereocenters. The van der Waals surface area contributed by atoms with Gasteiger partial charge in [-0.05, 0) is 63.4 Å². The van der Waals surface area contributed by atoms with E-state index in [9.17, 15) is 43.5 Å². The second-order valence-corrected chi connectivity index (χ2v) is 20.6. The minimum absolute atomic E-state index is 0.0347. The predicted octanol–water partition coefficient (Wildman–Crippen LogP) is 8.45. The molecule has 388 valence electrons. The first-order chi connectivity index (χ1) is 32.5. The van der Waals surface area contributed by atoms with Crippen LogP contribution < -0.4 is 11.4 Å². The third-order valence-electron chi connectivity index (χ3n) is 11.7. The van der Waals surface area contributed by atoms with Gasteiger partial charge in [-0.3, -0.25) is 23.2 Å². The Morgan fingerprint density at radius 3 is 2.09 bits per heavy atom. The summed E-state index contributed by atoms with van der Waals surface area (Å²) >= 11 is 0. The van der Waals surface area contributed by atoms with Gasteiger partial charge in [0.2, 0.25) is 0 Å². The quantitative estimate of drug-likeness (QED) is 0.0137. The normalized spacial score (nSPS) is 23.2. The van der Waals surface area contributed by atoms with Crippen LogP contribution in [0, 0.1) is 5.92 Å². The Kier molecular flexibility index (Phi) is 28.5. The van der Waals surface area contributed by atoms with Gasteiger partial charge in [-0.2, -0.15) is 9.29 Å². The van der Waals surface area contributed by atoms with Crippen LogP contribution in [0.25, 0.3) is 0 Å². The monoisotopic (exact) mass is 1000 g/mol. The molecule has 0 saturated carbocycles. The molecule has 19 nitrogen and oxygen atoms in total. The van der Waals surface area contributed by atoms with Gasteiger partial charge in [-0.15, -0.1) is 0 Å². The molecule has 0 aliphatic carbocycles. The van der Waals surface area contributed by atoms with Crippen molar-refractivity contribution in [1.82, 2.24) is 9.55 Å². The zero-order chi connectivity index (χ0) is 49.8. The number of nitrogens with two attached hydrogens (primary N) is 1. The van der Waals surface area contributed by atoms with E-state index in [4.69, 9.17) is 33.7 Å². The highest BCUT2D eigenvalue weighted by molar-refractivity contribution is 7.61. The summed E-state index contributed by atoms with van der Waals surface area (Å²) in [6.07, 6.45) is 25.6. The van der Waals surface area contributed by atoms with Crippen molar-refractivity contribution >= 4 is 33.4 Å². The summed E-state index contributed by atoms with van der Waals surface area (Å²) in [7, 11) is -10.9. The van der Waals surface area contributed by atoms with Crippen molar-refractivity contribution < 1.29 is 71.0 Å². The minimum atomic E-state index is -5.43. The molecule has 3 heterocycles. The van der Waals surface area contributed by atoms with Crippen molar-refractivity contribution in [3.05, 3.63) is 59.2 Å². The van der Waals surface area contributed by atoms with E-state index in [2.05, 4.69) is 54.4 Å². The van der Waals surface area contributed by atoms with Gasteiger partial charge in [0.05, 0.1) is 25.4 Å². The number of aromatic nitrogens is 2. The number of nitrogen functional groups attached to an aromatic ring is 1. The molecule has 2 aliphatic heterocycles. The first-order valence-electron chi connectivity index (χ1n) is 24.5. The summed E-state index contributed by atoms with van der Waals surface area (Å²) in [5.41, 5.74) is 4.58. The zero-order valence-corrected chi connectivity index (χ0v) is 42.1. The summed E-state index contributed by atoms with van der Waals surface area (Å²) in [5.74, 6) is -0.617. The molecule has 3 rings (SSSR count). The summed E-state index contributed by atoms with van der Waals surface area (Å²) in [5, 5.41) is 20.9. The molecule has 2 fully saturated rings. The molecule has 21 heteroatoms. The molecule has 0 aromatic carbocycles. The van der Waals surface area contributed by atoms with Gasteiger partial charge in [0.1, 0.15) is 30.7 Å². The number of phosphoric ester groups is 2. The third-order valence-corrected chi connectivity index (χ3v) is 14.3. The van der Waals surface area contributed by atoms with Gasteiger partial charge in [0.25, 0.3) is 0 Å². The van der Waals surface area contributed by atoms with E-state index < -0.39 is 83.7 Å². The van der Waals surface area contributed by atoms with Gasteiger partial charge in [-0.25, -0.2) is 13.9 Å². The average molecular weight is 1000 g/mol. The fourth-order valence-corrected chi connectivity index (χ4v) is 9.43. The highest BCUT2D eigenvalue weighted by Gasteiger charge is 2.46. The molecule has 2 saturated heterocycles. The minimum Gasteiger partial charge on any atom is -0.462 e. The lowest BCUT2D eigenvalue weighted by Crippen LogP contribution is -2.36. The van der Waals surface area contributed by atoms with Crippen LogP contribution in [0.2, 0.25) is 0 Å². The van der Waals surface area contributed by atoms with Gasteiger partial charge in [0.15, 0.2) is 12.3 Å². The Morgan fingerprint density at radius 1 is 0.779 bits per heavy atom. The van der Waals surface area contributed by atoms with E-state index in [1.807, 2.05) is 12.2 Å². The number of allylic oxidation sites excluding steroid dienone is 4. The highest BCUT2D eigenvalue weighted by atomic mass is 31.3. The summed E-state index contributed by atoms with van der Waals surface area (Å²) in [6, 6.07) is 1.24.